The normalized spacial score (nSPS) is 24.7. The Labute approximate surface area is 142 Å². The number of aryl methyl sites for hydroxylation is 1. The summed E-state index contributed by atoms with van der Waals surface area (Å²) in [6.45, 7) is 5.18. The maximum atomic E-state index is 12.9. The minimum Gasteiger partial charge on any atom is -0.469 e. The van der Waals surface area contributed by atoms with Crippen molar-refractivity contribution in [3.8, 4) is 0 Å². The highest BCUT2D eigenvalue weighted by atomic mass is 16.5. The van der Waals surface area contributed by atoms with Crippen LogP contribution < -0.4 is 0 Å². The minimum atomic E-state index is -0.284. The van der Waals surface area contributed by atoms with Crippen LogP contribution in [0.4, 0.5) is 0 Å². The lowest BCUT2D eigenvalue weighted by atomic mass is 9.79. The van der Waals surface area contributed by atoms with Crippen molar-refractivity contribution in [2.45, 2.75) is 32.6 Å². The Morgan fingerprint density at radius 3 is 2.79 bits per heavy atom. The fraction of sp³-hybridized carbons (Fsp3) is 0.667. The Morgan fingerprint density at radius 1 is 1.29 bits per heavy atom. The van der Waals surface area contributed by atoms with Gasteiger partial charge in [0.1, 0.15) is 5.76 Å². The van der Waals surface area contributed by atoms with E-state index in [0.717, 1.165) is 32.2 Å². The quantitative estimate of drug-likeness (QED) is 0.846. The smallest absolute Gasteiger partial charge is 0.257 e. The van der Waals surface area contributed by atoms with Crippen LogP contribution in [0.3, 0.4) is 0 Å². The lowest BCUT2D eigenvalue weighted by molar-refractivity contribution is -0.137. The molecule has 1 atom stereocenters. The fourth-order valence-electron chi connectivity index (χ4n) is 3.95. The summed E-state index contributed by atoms with van der Waals surface area (Å²) in [5.74, 6) is 0.912. The maximum Gasteiger partial charge on any atom is 0.257 e. The summed E-state index contributed by atoms with van der Waals surface area (Å²) in [6.07, 6.45) is 4.92. The van der Waals surface area contributed by atoms with Gasteiger partial charge in [-0.25, -0.2) is 0 Å². The van der Waals surface area contributed by atoms with E-state index in [2.05, 4.69) is 0 Å². The molecule has 0 radical (unpaired) electrons. The number of carbonyl (C=O) groups excluding carboxylic acids is 2. The maximum absolute atomic E-state index is 12.9. The van der Waals surface area contributed by atoms with Crippen LogP contribution in [0, 0.1) is 12.3 Å². The largest absolute Gasteiger partial charge is 0.469 e. The number of hydrogen-bond acceptors (Lipinski definition) is 4. The summed E-state index contributed by atoms with van der Waals surface area (Å²) in [4.78, 5) is 29.3. The molecule has 2 aliphatic rings. The van der Waals surface area contributed by atoms with E-state index in [-0.39, 0.29) is 17.2 Å². The Bertz CT molecular complexity index is 612. The first-order chi connectivity index (χ1) is 11.6. The van der Waals surface area contributed by atoms with Crippen molar-refractivity contribution in [2.75, 3.05) is 39.9 Å². The summed E-state index contributed by atoms with van der Waals surface area (Å²) in [5.41, 5.74) is 0.346. The van der Waals surface area contributed by atoms with Crippen molar-refractivity contribution < 1.29 is 18.7 Å². The average Bonchev–Trinajstić information content (AvgIpc) is 3.04. The Morgan fingerprint density at radius 2 is 2.08 bits per heavy atom. The van der Waals surface area contributed by atoms with Crippen molar-refractivity contribution in [3.05, 3.63) is 23.7 Å². The van der Waals surface area contributed by atoms with Crippen LogP contribution in [-0.4, -0.2) is 61.5 Å². The molecule has 132 valence electrons. The van der Waals surface area contributed by atoms with Gasteiger partial charge in [-0.1, -0.05) is 0 Å². The lowest BCUT2D eigenvalue weighted by Gasteiger charge is -2.26. The number of methoxy groups -OCH3 is 1. The van der Waals surface area contributed by atoms with Gasteiger partial charge in [0.05, 0.1) is 23.8 Å². The number of ether oxygens (including phenoxy) is 1. The summed E-state index contributed by atoms with van der Waals surface area (Å²) >= 11 is 0. The van der Waals surface area contributed by atoms with Gasteiger partial charge in [0.2, 0.25) is 5.91 Å². The first-order valence-electron chi connectivity index (χ1n) is 8.69. The van der Waals surface area contributed by atoms with Gasteiger partial charge in [0, 0.05) is 33.3 Å². The highest BCUT2D eigenvalue weighted by Crippen LogP contribution is 2.41. The zero-order valence-electron chi connectivity index (χ0n) is 14.5. The summed E-state index contributed by atoms with van der Waals surface area (Å²) < 4.78 is 10.3. The third-order valence-corrected chi connectivity index (χ3v) is 5.49. The van der Waals surface area contributed by atoms with Gasteiger partial charge in [-0.3, -0.25) is 9.59 Å². The van der Waals surface area contributed by atoms with Gasteiger partial charge in [-0.2, -0.15) is 0 Å². The molecule has 2 amide bonds. The average molecular weight is 334 g/mol. The number of furan rings is 1. The number of hydrogen-bond donors (Lipinski definition) is 0. The standard InChI is InChI=1S/C18H26N2O4/c1-14-15(4-12-24-14)16(21)19-8-3-5-18(6-9-19)7-10-20(17(18)22)11-13-23-2/h4,12H,3,5-11,13H2,1-2H3. The van der Waals surface area contributed by atoms with Gasteiger partial charge < -0.3 is 19.0 Å². The molecular weight excluding hydrogens is 308 g/mol. The van der Waals surface area contributed by atoms with Gasteiger partial charge in [0.25, 0.3) is 5.91 Å². The van der Waals surface area contributed by atoms with E-state index in [0.29, 0.717) is 37.6 Å². The molecule has 1 aromatic heterocycles. The van der Waals surface area contributed by atoms with Crippen LogP contribution in [0.15, 0.2) is 16.7 Å². The van der Waals surface area contributed by atoms with E-state index in [1.807, 2.05) is 9.80 Å². The van der Waals surface area contributed by atoms with Gasteiger partial charge >= 0.3 is 0 Å². The monoisotopic (exact) mass is 334 g/mol. The second kappa shape index (κ2) is 6.97. The van der Waals surface area contributed by atoms with Crippen LogP contribution in [0.2, 0.25) is 0 Å². The molecular formula is C18H26N2O4. The molecule has 2 aliphatic heterocycles. The molecule has 6 nitrogen and oxygen atoms in total. The predicted octanol–water partition coefficient (Wildman–Crippen LogP) is 2.08. The SMILES string of the molecule is COCCN1CCC2(CCCN(C(=O)c3ccoc3C)CC2)C1=O. The molecule has 3 heterocycles. The van der Waals surface area contributed by atoms with E-state index in [1.165, 1.54) is 0 Å². The molecule has 0 N–H and O–H groups in total. The van der Waals surface area contributed by atoms with Crippen LogP contribution in [-0.2, 0) is 9.53 Å². The van der Waals surface area contributed by atoms with E-state index in [9.17, 15) is 9.59 Å². The summed E-state index contributed by atoms with van der Waals surface area (Å²) in [7, 11) is 1.66. The van der Waals surface area contributed by atoms with Gasteiger partial charge in [-0.05, 0) is 38.7 Å². The third-order valence-electron chi connectivity index (χ3n) is 5.49. The Hall–Kier alpha value is -1.82. The third kappa shape index (κ3) is 3.07. The number of rotatable bonds is 4. The number of carbonyl (C=O) groups is 2. The summed E-state index contributed by atoms with van der Waals surface area (Å²) in [6, 6.07) is 1.73. The highest BCUT2D eigenvalue weighted by molar-refractivity contribution is 5.95. The van der Waals surface area contributed by atoms with E-state index in [1.54, 1.807) is 26.4 Å². The van der Waals surface area contributed by atoms with Crippen molar-refractivity contribution >= 4 is 11.8 Å². The first-order valence-corrected chi connectivity index (χ1v) is 8.69. The molecule has 0 bridgehead atoms. The molecule has 0 saturated carbocycles. The Kier molecular flexibility index (Phi) is 4.94. The number of amides is 2. The fourth-order valence-corrected chi connectivity index (χ4v) is 3.95. The molecule has 0 aromatic carbocycles. The van der Waals surface area contributed by atoms with Crippen molar-refractivity contribution in [1.29, 1.82) is 0 Å². The van der Waals surface area contributed by atoms with Crippen LogP contribution in [0.1, 0.15) is 41.8 Å². The molecule has 1 aromatic rings. The topological polar surface area (TPSA) is 63.0 Å². The lowest BCUT2D eigenvalue weighted by Crippen LogP contribution is -2.37. The zero-order chi connectivity index (χ0) is 17.2. The van der Waals surface area contributed by atoms with Crippen molar-refractivity contribution in [1.82, 2.24) is 9.80 Å². The molecule has 3 rings (SSSR count). The minimum absolute atomic E-state index is 0.0139. The van der Waals surface area contributed by atoms with Crippen LogP contribution in [0.5, 0.6) is 0 Å². The van der Waals surface area contributed by atoms with Crippen LogP contribution in [0.25, 0.3) is 0 Å². The van der Waals surface area contributed by atoms with E-state index >= 15 is 0 Å². The van der Waals surface area contributed by atoms with E-state index in [4.69, 9.17) is 9.15 Å². The second-order valence-electron chi connectivity index (χ2n) is 6.85. The molecule has 2 saturated heterocycles. The number of nitrogens with zero attached hydrogens (tertiary/aromatic N) is 2. The molecule has 1 spiro atoms. The van der Waals surface area contributed by atoms with Gasteiger partial charge in [0.15, 0.2) is 0 Å². The van der Waals surface area contributed by atoms with Crippen molar-refractivity contribution in [2.24, 2.45) is 5.41 Å². The number of likely N-dealkylation sites (tertiary alicyclic amines) is 2. The first kappa shape index (κ1) is 17.0. The highest BCUT2D eigenvalue weighted by Gasteiger charge is 2.47. The summed E-state index contributed by atoms with van der Waals surface area (Å²) in [5, 5.41) is 0. The molecule has 0 aliphatic carbocycles. The van der Waals surface area contributed by atoms with E-state index < -0.39 is 0 Å². The zero-order valence-corrected chi connectivity index (χ0v) is 14.5. The van der Waals surface area contributed by atoms with Crippen molar-refractivity contribution in [3.63, 3.8) is 0 Å². The molecule has 24 heavy (non-hydrogen) atoms. The molecule has 1 unspecified atom stereocenters. The molecule has 6 heteroatoms. The Balaban J connectivity index is 1.66. The second-order valence-corrected chi connectivity index (χ2v) is 6.85. The van der Waals surface area contributed by atoms with Gasteiger partial charge in [-0.15, -0.1) is 0 Å². The predicted molar refractivity (Wildman–Crippen MR) is 88.7 cm³/mol. The molecule has 2 fully saturated rings. The van der Waals surface area contributed by atoms with Crippen LogP contribution >= 0.6 is 0 Å².